The van der Waals surface area contributed by atoms with Crippen molar-refractivity contribution in [3.8, 4) is 0 Å². The Bertz CT molecular complexity index is 1130. The zero-order valence-electron chi connectivity index (χ0n) is 19.5. The topological polar surface area (TPSA) is 110 Å². The van der Waals surface area contributed by atoms with Crippen LogP contribution in [0.3, 0.4) is 0 Å². The average Bonchev–Trinajstić information content (AvgIpc) is 2.91. The molecular weight excluding hydrogens is 438 g/mol. The number of rotatable bonds is 11. The van der Waals surface area contributed by atoms with Gasteiger partial charge in [-0.2, -0.15) is 0 Å². The minimum absolute atomic E-state index is 0.150. The quantitative estimate of drug-likeness (QED) is 0.326. The molecule has 0 aliphatic rings. The predicted molar refractivity (Wildman–Crippen MR) is 134 cm³/mol. The minimum atomic E-state index is -0.208. The first-order valence-electron chi connectivity index (χ1n) is 11.6. The summed E-state index contributed by atoms with van der Waals surface area (Å²) in [4.78, 5) is 33.0. The smallest absolute Gasteiger partial charge is 0.252 e. The molecule has 0 fully saturated rings. The van der Waals surface area contributed by atoms with Crippen LogP contribution in [0.5, 0.6) is 0 Å². The van der Waals surface area contributed by atoms with Gasteiger partial charge < -0.3 is 11.1 Å². The van der Waals surface area contributed by atoms with Gasteiger partial charge in [0.15, 0.2) is 0 Å². The fourth-order valence-corrected chi connectivity index (χ4v) is 3.81. The molecular formula is C27H29N7O. The Kier molecular flexibility index (Phi) is 8.58. The SMILES string of the molecule is NCCCNC(=O)c1ccc(CN(Cc2ccccn2)C(c2ccccn2)c2ccccn2)nc1. The van der Waals surface area contributed by atoms with Gasteiger partial charge in [0.1, 0.15) is 0 Å². The maximum Gasteiger partial charge on any atom is 0.252 e. The van der Waals surface area contributed by atoms with Crippen LogP contribution in [0.2, 0.25) is 0 Å². The maximum absolute atomic E-state index is 12.3. The van der Waals surface area contributed by atoms with E-state index in [2.05, 4.69) is 30.2 Å². The van der Waals surface area contributed by atoms with Gasteiger partial charge in [0.05, 0.1) is 34.4 Å². The second-order valence-corrected chi connectivity index (χ2v) is 8.07. The number of hydrogen-bond acceptors (Lipinski definition) is 7. The van der Waals surface area contributed by atoms with Crippen LogP contribution < -0.4 is 11.1 Å². The van der Waals surface area contributed by atoms with Crippen molar-refractivity contribution in [2.75, 3.05) is 13.1 Å². The highest BCUT2D eigenvalue weighted by molar-refractivity contribution is 5.93. The van der Waals surface area contributed by atoms with Crippen molar-refractivity contribution in [2.24, 2.45) is 5.73 Å². The molecule has 3 N–H and O–H groups in total. The van der Waals surface area contributed by atoms with E-state index >= 15 is 0 Å². The van der Waals surface area contributed by atoms with Crippen molar-refractivity contribution >= 4 is 5.91 Å². The largest absolute Gasteiger partial charge is 0.352 e. The standard InChI is InChI=1S/C27H29N7O/c28-13-7-17-32-27(35)21-11-12-23(33-18-21)20-34(19-22-8-1-4-14-29-22)26(24-9-2-5-15-30-24)25-10-3-6-16-31-25/h1-6,8-12,14-16,18,26H,7,13,17,19-20,28H2,(H,32,35). The molecule has 0 aliphatic heterocycles. The lowest BCUT2D eigenvalue weighted by Crippen LogP contribution is -2.31. The second kappa shape index (κ2) is 12.5. The molecule has 0 unspecified atom stereocenters. The van der Waals surface area contributed by atoms with Gasteiger partial charge in [0.25, 0.3) is 5.91 Å². The third kappa shape index (κ3) is 6.75. The Labute approximate surface area is 205 Å². The molecule has 8 nitrogen and oxygen atoms in total. The molecule has 0 aliphatic carbocycles. The van der Waals surface area contributed by atoms with Crippen LogP contribution >= 0.6 is 0 Å². The molecule has 35 heavy (non-hydrogen) atoms. The van der Waals surface area contributed by atoms with Crippen LogP contribution in [0.25, 0.3) is 0 Å². The van der Waals surface area contributed by atoms with Crippen LogP contribution in [-0.2, 0) is 13.1 Å². The molecule has 0 atom stereocenters. The summed E-state index contributed by atoms with van der Waals surface area (Å²) in [5, 5.41) is 2.86. The Balaban J connectivity index is 1.63. The fourth-order valence-electron chi connectivity index (χ4n) is 3.81. The number of carbonyl (C=O) groups excluding carboxylic acids is 1. The number of pyridine rings is 4. The lowest BCUT2D eigenvalue weighted by molar-refractivity contribution is 0.0953. The van der Waals surface area contributed by atoms with E-state index < -0.39 is 0 Å². The van der Waals surface area contributed by atoms with E-state index in [1.54, 1.807) is 30.9 Å². The first-order valence-corrected chi connectivity index (χ1v) is 11.6. The number of nitrogens with one attached hydrogen (secondary N) is 1. The van der Waals surface area contributed by atoms with Crippen molar-refractivity contribution in [3.05, 3.63) is 120 Å². The molecule has 1 amide bonds. The zero-order valence-corrected chi connectivity index (χ0v) is 19.5. The molecule has 0 radical (unpaired) electrons. The van der Waals surface area contributed by atoms with Gasteiger partial charge in [-0.15, -0.1) is 0 Å². The van der Waals surface area contributed by atoms with Gasteiger partial charge in [0.2, 0.25) is 0 Å². The number of carbonyl (C=O) groups is 1. The summed E-state index contributed by atoms with van der Waals surface area (Å²) >= 11 is 0. The van der Waals surface area contributed by atoms with Gasteiger partial charge in [-0.1, -0.05) is 18.2 Å². The first kappa shape index (κ1) is 24.1. The summed E-state index contributed by atoms with van der Waals surface area (Å²) < 4.78 is 0. The highest BCUT2D eigenvalue weighted by atomic mass is 16.1. The van der Waals surface area contributed by atoms with E-state index in [4.69, 9.17) is 5.73 Å². The van der Waals surface area contributed by atoms with Gasteiger partial charge in [-0.05, 0) is 61.5 Å². The highest BCUT2D eigenvalue weighted by Crippen LogP contribution is 2.28. The van der Waals surface area contributed by atoms with Crippen molar-refractivity contribution in [1.29, 1.82) is 0 Å². The summed E-state index contributed by atoms with van der Waals surface area (Å²) in [6, 6.07) is 21.1. The minimum Gasteiger partial charge on any atom is -0.352 e. The lowest BCUT2D eigenvalue weighted by atomic mass is 10.1. The van der Waals surface area contributed by atoms with Crippen molar-refractivity contribution < 1.29 is 4.79 Å². The van der Waals surface area contributed by atoms with Gasteiger partial charge in [-0.3, -0.25) is 29.6 Å². The number of hydrogen-bond donors (Lipinski definition) is 2. The number of aromatic nitrogens is 4. The fraction of sp³-hybridized carbons (Fsp3) is 0.222. The summed E-state index contributed by atoms with van der Waals surface area (Å²) in [5.74, 6) is -0.150. The normalized spacial score (nSPS) is 11.1. The number of nitrogens with zero attached hydrogens (tertiary/aromatic N) is 5. The molecule has 4 aromatic heterocycles. The molecule has 0 saturated carbocycles. The molecule has 0 saturated heterocycles. The predicted octanol–water partition coefficient (Wildman–Crippen LogP) is 3.14. The number of nitrogens with two attached hydrogens (primary N) is 1. The lowest BCUT2D eigenvalue weighted by Gasteiger charge is -2.30. The average molecular weight is 468 g/mol. The van der Waals surface area contributed by atoms with Crippen LogP contribution in [0.4, 0.5) is 0 Å². The Morgan fingerprint density at radius 3 is 1.94 bits per heavy atom. The summed E-state index contributed by atoms with van der Waals surface area (Å²) in [5.41, 5.74) is 9.56. The zero-order chi connectivity index (χ0) is 24.3. The second-order valence-electron chi connectivity index (χ2n) is 8.07. The van der Waals surface area contributed by atoms with Crippen LogP contribution in [0, 0.1) is 0 Å². The number of amides is 1. The van der Waals surface area contributed by atoms with Crippen molar-refractivity contribution in [3.63, 3.8) is 0 Å². The maximum atomic E-state index is 12.3. The molecule has 4 aromatic rings. The monoisotopic (exact) mass is 467 g/mol. The first-order chi connectivity index (χ1) is 17.2. The third-order valence-electron chi connectivity index (χ3n) is 5.51. The molecule has 8 heteroatoms. The molecule has 4 heterocycles. The van der Waals surface area contributed by atoms with E-state index in [0.29, 0.717) is 31.7 Å². The van der Waals surface area contributed by atoms with Crippen molar-refractivity contribution in [2.45, 2.75) is 25.6 Å². The van der Waals surface area contributed by atoms with E-state index in [0.717, 1.165) is 29.2 Å². The highest BCUT2D eigenvalue weighted by Gasteiger charge is 2.26. The van der Waals surface area contributed by atoms with Crippen molar-refractivity contribution in [1.82, 2.24) is 30.2 Å². The Hall–Kier alpha value is -4.01. The Morgan fingerprint density at radius 2 is 1.43 bits per heavy atom. The summed E-state index contributed by atoms with van der Waals surface area (Å²) in [6.45, 7) is 2.17. The van der Waals surface area contributed by atoms with Gasteiger partial charge >= 0.3 is 0 Å². The van der Waals surface area contributed by atoms with E-state index in [1.165, 1.54) is 0 Å². The molecule has 0 aromatic carbocycles. The Morgan fingerprint density at radius 1 is 0.800 bits per heavy atom. The van der Waals surface area contributed by atoms with Crippen LogP contribution in [0.15, 0.2) is 91.5 Å². The third-order valence-corrected chi connectivity index (χ3v) is 5.51. The van der Waals surface area contributed by atoms with Crippen LogP contribution in [-0.4, -0.2) is 43.8 Å². The summed E-state index contributed by atoms with van der Waals surface area (Å²) in [6.07, 6.45) is 7.73. The van der Waals surface area contributed by atoms with Gasteiger partial charge in [0, 0.05) is 44.4 Å². The summed E-state index contributed by atoms with van der Waals surface area (Å²) in [7, 11) is 0. The molecule has 178 valence electrons. The molecule has 0 bridgehead atoms. The van der Waals surface area contributed by atoms with Crippen LogP contribution in [0.1, 0.15) is 45.6 Å². The molecule has 4 rings (SSSR count). The van der Waals surface area contributed by atoms with E-state index in [1.807, 2.05) is 60.7 Å². The van der Waals surface area contributed by atoms with Gasteiger partial charge in [-0.25, -0.2) is 0 Å². The van der Waals surface area contributed by atoms with E-state index in [9.17, 15) is 4.79 Å². The molecule has 0 spiro atoms. The van der Waals surface area contributed by atoms with E-state index in [-0.39, 0.29) is 11.9 Å².